The number of benzene rings is 3. The number of hydrogen-bond donors (Lipinski definition) is 2. The predicted molar refractivity (Wildman–Crippen MR) is 164 cm³/mol. The van der Waals surface area contributed by atoms with Crippen molar-refractivity contribution < 1.29 is 14.3 Å². The van der Waals surface area contributed by atoms with E-state index in [1.165, 1.54) is 5.56 Å². The minimum Gasteiger partial charge on any atom is -0.493 e. The van der Waals surface area contributed by atoms with E-state index in [1.807, 2.05) is 48.5 Å². The third kappa shape index (κ3) is 7.86. The summed E-state index contributed by atoms with van der Waals surface area (Å²) in [6.07, 6.45) is 2.78. The highest BCUT2D eigenvalue weighted by Gasteiger charge is 2.23. The van der Waals surface area contributed by atoms with Gasteiger partial charge in [0.2, 0.25) is 5.88 Å². The number of carbonyl (C=O) groups excluding carboxylic acids is 1. The van der Waals surface area contributed by atoms with Crippen LogP contribution in [-0.4, -0.2) is 35.6 Å². The maximum Gasteiger partial charge on any atom is 0.323 e. The summed E-state index contributed by atoms with van der Waals surface area (Å²) in [6, 6.07) is 29.0. The molecule has 212 valence electrons. The Bertz CT molecular complexity index is 1430. The van der Waals surface area contributed by atoms with E-state index in [9.17, 15) is 4.79 Å². The third-order valence-electron chi connectivity index (χ3n) is 7.14. The number of anilines is 2. The number of hydrogen-bond acceptors (Lipinski definition) is 5. The molecule has 1 aliphatic heterocycles. The Balaban J connectivity index is 1.12. The molecule has 0 spiro atoms. The van der Waals surface area contributed by atoms with Crippen LogP contribution >= 0.6 is 0 Å². The summed E-state index contributed by atoms with van der Waals surface area (Å²) in [4.78, 5) is 19.7. The Kier molecular flexibility index (Phi) is 8.85. The van der Waals surface area contributed by atoms with E-state index >= 15 is 0 Å². The number of urea groups is 1. The molecule has 1 unspecified atom stereocenters. The molecule has 1 aliphatic rings. The number of rotatable bonds is 9. The van der Waals surface area contributed by atoms with Crippen molar-refractivity contribution in [3.05, 3.63) is 108 Å². The van der Waals surface area contributed by atoms with Crippen molar-refractivity contribution in [2.24, 2.45) is 5.92 Å². The lowest BCUT2D eigenvalue weighted by molar-refractivity contribution is 0.238. The molecule has 0 radical (unpaired) electrons. The van der Waals surface area contributed by atoms with Gasteiger partial charge >= 0.3 is 6.03 Å². The molecule has 7 nitrogen and oxygen atoms in total. The lowest BCUT2D eigenvalue weighted by Gasteiger charge is -2.22. The average molecular weight is 551 g/mol. The van der Waals surface area contributed by atoms with Crippen molar-refractivity contribution >= 4 is 17.4 Å². The van der Waals surface area contributed by atoms with Crippen LogP contribution in [0.4, 0.5) is 16.2 Å². The van der Waals surface area contributed by atoms with Crippen LogP contribution in [0.2, 0.25) is 0 Å². The first-order valence-electron chi connectivity index (χ1n) is 14.1. The van der Waals surface area contributed by atoms with E-state index in [4.69, 9.17) is 9.47 Å². The summed E-state index contributed by atoms with van der Waals surface area (Å²) in [5, 5.41) is 5.74. The molecule has 2 heterocycles. The molecule has 1 atom stereocenters. The van der Waals surface area contributed by atoms with Crippen LogP contribution in [0.1, 0.15) is 38.3 Å². The van der Waals surface area contributed by atoms with Gasteiger partial charge in [-0.2, -0.15) is 0 Å². The van der Waals surface area contributed by atoms with Crippen molar-refractivity contribution in [1.82, 2.24) is 9.88 Å². The highest BCUT2D eigenvalue weighted by Crippen LogP contribution is 2.35. The fourth-order valence-corrected chi connectivity index (χ4v) is 5.01. The SMILES string of the molecule is CC(C)(C)c1ccccc1Oc1ncccc1NC(=O)Nc1ccc(OCC2CCN(Cc3ccccc3)C2)cc1. The maximum atomic E-state index is 12.8. The van der Waals surface area contributed by atoms with Crippen LogP contribution in [0.15, 0.2) is 97.2 Å². The van der Waals surface area contributed by atoms with Crippen molar-refractivity contribution in [2.75, 3.05) is 30.3 Å². The van der Waals surface area contributed by atoms with E-state index in [0.29, 0.717) is 35.5 Å². The summed E-state index contributed by atoms with van der Waals surface area (Å²) in [5.41, 5.74) is 3.44. The number of pyridine rings is 1. The first-order valence-corrected chi connectivity index (χ1v) is 14.1. The second-order valence-electron chi connectivity index (χ2n) is 11.5. The minimum absolute atomic E-state index is 0.105. The average Bonchev–Trinajstić information content (AvgIpc) is 3.41. The van der Waals surface area contributed by atoms with Crippen molar-refractivity contribution in [1.29, 1.82) is 0 Å². The van der Waals surface area contributed by atoms with Crippen LogP contribution in [-0.2, 0) is 12.0 Å². The number of amides is 2. The normalized spacial score (nSPS) is 15.3. The van der Waals surface area contributed by atoms with E-state index in [-0.39, 0.29) is 11.4 Å². The molecule has 5 rings (SSSR count). The largest absolute Gasteiger partial charge is 0.493 e. The van der Waals surface area contributed by atoms with Gasteiger partial charge in [0.25, 0.3) is 0 Å². The highest BCUT2D eigenvalue weighted by atomic mass is 16.5. The zero-order valence-corrected chi connectivity index (χ0v) is 24.0. The Labute approximate surface area is 242 Å². The van der Waals surface area contributed by atoms with Gasteiger partial charge in [0.1, 0.15) is 17.2 Å². The molecule has 2 N–H and O–H groups in total. The zero-order chi connectivity index (χ0) is 28.7. The van der Waals surface area contributed by atoms with Crippen molar-refractivity contribution in [3.8, 4) is 17.4 Å². The molecule has 7 heteroatoms. The smallest absolute Gasteiger partial charge is 0.323 e. The molecule has 2 amide bonds. The fraction of sp³-hybridized carbons (Fsp3) is 0.294. The number of nitrogens with one attached hydrogen (secondary N) is 2. The summed E-state index contributed by atoms with van der Waals surface area (Å²) in [7, 11) is 0. The standard InChI is InChI=1S/C34H38N4O3/c1-34(2,3)29-12-7-8-14-31(29)41-32-30(13-9-20-35-32)37-33(39)36-27-15-17-28(18-16-27)40-24-26-19-21-38(23-26)22-25-10-5-4-6-11-25/h4-18,20,26H,19,21-24H2,1-3H3,(H2,36,37,39). The van der Waals surface area contributed by atoms with Gasteiger partial charge in [-0.25, -0.2) is 9.78 Å². The molecule has 41 heavy (non-hydrogen) atoms. The van der Waals surface area contributed by atoms with Crippen LogP contribution in [0, 0.1) is 5.92 Å². The van der Waals surface area contributed by atoms with Crippen molar-refractivity contribution in [3.63, 3.8) is 0 Å². The summed E-state index contributed by atoms with van der Waals surface area (Å²) in [5.74, 6) is 2.34. The molecule has 0 saturated carbocycles. The lowest BCUT2D eigenvalue weighted by Crippen LogP contribution is -2.22. The number of ether oxygens (including phenoxy) is 2. The Morgan fingerprint density at radius 2 is 1.68 bits per heavy atom. The second-order valence-corrected chi connectivity index (χ2v) is 11.5. The first kappa shape index (κ1) is 28.2. The van der Waals surface area contributed by atoms with E-state index in [1.54, 1.807) is 18.3 Å². The molecular formula is C34H38N4O3. The molecule has 1 fully saturated rings. The molecule has 1 aromatic heterocycles. The van der Waals surface area contributed by atoms with Crippen LogP contribution in [0.3, 0.4) is 0 Å². The monoisotopic (exact) mass is 550 g/mol. The van der Waals surface area contributed by atoms with Crippen molar-refractivity contribution in [2.45, 2.75) is 39.2 Å². The topological polar surface area (TPSA) is 75.7 Å². The second kappa shape index (κ2) is 12.9. The van der Waals surface area contributed by atoms with Gasteiger partial charge in [0, 0.05) is 36.5 Å². The van der Waals surface area contributed by atoms with Gasteiger partial charge in [-0.15, -0.1) is 0 Å². The van der Waals surface area contributed by atoms with E-state index in [0.717, 1.165) is 37.4 Å². The summed E-state index contributed by atoms with van der Waals surface area (Å²) in [6.45, 7) is 10.2. The number of aromatic nitrogens is 1. The predicted octanol–water partition coefficient (Wildman–Crippen LogP) is 7.72. The van der Waals surface area contributed by atoms with Crippen LogP contribution in [0.25, 0.3) is 0 Å². The molecule has 0 bridgehead atoms. The minimum atomic E-state index is -0.384. The summed E-state index contributed by atoms with van der Waals surface area (Å²) < 4.78 is 12.2. The maximum absolute atomic E-state index is 12.8. The zero-order valence-electron chi connectivity index (χ0n) is 24.0. The lowest BCUT2D eigenvalue weighted by atomic mass is 9.86. The van der Waals surface area contributed by atoms with Crippen LogP contribution < -0.4 is 20.1 Å². The summed E-state index contributed by atoms with van der Waals surface area (Å²) >= 11 is 0. The quantitative estimate of drug-likeness (QED) is 0.223. The van der Waals surface area contributed by atoms with E-state index in [2.05, 4.69) is 71.6 Å². The van der Waals surface area contributed by atoms with Gasteiger partial charge < -0.3 is 20.1 Å². The molecular weight excluding hydrogens is 512 g/mol. The molecule has 4 aromatic rings. The Hall–Kier alpha value is -4.36. The van der Waals surface area contributed by atoms with Gasteiger partial charge in [-0.3, -0.25) is 4.90 Å². The number of likely N-dealkylation sites (tertiary alicyclic amines) is 1. The van der Waals surface area contributed by atoms with Gasteiger partial charge in [-0.05, 0) is 66.4 Å². The Morgan fingerprint density at radius 3 is 2.46 bits per heavy atom. The van der Waals surface area contributed by atoms with Gasteiger partial charge in [-0.1, -0.05) is 69.3 Å². The molecule has 1 saturated heterocycles. The molecule has 3 aromatic carbocycles. The van der Waals surface area contributed by atoms with Gasteiger partial charge in [0.15, 0.2) is 0 Å². The molecule has 0 aliphatic carbocycles. The number of nitrogens with zero attached hydrogens (tertiary/aromatic N) is 2. The number of para-hydroxylation sites is 1. The fourth-order valence-electron chi connectivity index (χ4n) is 5.01. The van der Waals surface area contributed by atoms with Crippen LogP contribution in [0.5, 0.6) is 17.4 Å². The third-order valence-corrected chi connectivity index (χ3v) is 7.14. The first-order chi connectivity index (χ1) is 19.8. The number of carbonyl (C=O) groups is 1. The van der Waals surface area contributed by atoms with Gasteiger partial charge in [0.05, 0.1) is 6.61 Å². The Morgan fingerprint density at radius 1 is 0.927 bits per heavy atom. The highest BCUT2D eigenvalue weighted by molar-refractivity contribution is 6.00. The van der Waals surface area contributed by atoms with E-state index < -0.39 is 0 Å².